The van der Waals surface area contributed by atoms with E-state index in [1.54, 1.807) is 0 Å². The van der Waals surface area contributed by atoms with E-state index >= 15 is 0 Å². The quantitative estimate of drug-likeness (QED) is 0.807. The SMILES string of the molecule is O=C(CCCc1cn[nH]c1)N[C@H]1CCCN(CC2CCCCC2)C1. The summed E-state index contributed by atoms with van der Waals surface area (Å²) < 4.78 is 0. The summed E-state index contributed by atoms with van der Waals surface area (Å²) in [4.78, 5) is 14.8. The summed E-state index contributed by atoms with van der Waals surface area (Å²) in [6, 6.07) is 0.351. The first-order chi connectivity index (χ1) is 11.8. The molecule has 1 aromatic heterocycles. The Kier molecular flexibility index (Phi) is 6.70. The molecule has 134 valence electrons. The van der Waals surface area contributed by atoms with Crippen LogP contribution in [0.5, 0.6) is 0 Å². The molecule has 1 aliphatic heterocycles. The van der Waals surface area contributed by atoms with Gasteiger partial charge in [-0.15, -0.1) is 0 Å². The van der Waals surface area contributed by atoms with Gasteiger partial charge in [0.2, 0.25) is 5.91 Å². The molecule has 1 aromatic rings. The Hall–Kier alpha value is -1.36. The van der Waals surface area contributed by atoms with Crippen LogP contribution in [0.25, 0.3) is 0 Å². The van der Waals surface area contributed by atoms with Crippen LogP contribution in [0.2, 0.25) is 0 Å². The molecule has 1 amide bonds. The molecule has 5 nitrogen and oxygen atoms in total. The van der Waals surface area contributed by atoms with E-state index in [4.69, 9.17) is 0 Å². The second-order valence-electron chi connectivity index (χ2n) is 7.63. The summed E-state index contributed by atoms with van der Waals surface area (Å²) in [7, 11) is 0. The molecule has 24 heavy (non-hydrogen) atoms. The van der Waals surface area contributed by atoms with E-state index in [0.717, 1.165) is 31.7 Å². The predicted octanol–water partition coefficient (Wildman–Crippen LogP) is 2.89. The lowest BCUT2D eigenvalue weighted by Crippen LogP contribution is -2.48. The third-order valence-corrected chi connectivity index (χ3v) is 5.54. The Labute approximate surface area is 145 Å². The number of carbonyl (C=O) groups excluding carboxylic acids is 1. The lowest BCUT2D eigenvalue weighted by atomic mass is 9.88. The molecule has 1 saturated carbocycles. The van der Waals surface area contributed by atoms with Gasteiger partial charge in [0, 0.05) is 31.7 Å². The van der Waals surface area contributed by atoms with Crippen LogP contribution in [-0.4, -0.2) is 46.7 Å². The van der Waals surface area contributed by atoms with Crippen LogP contribution < -0.4 is 5.32 Å². The Morgan fingerprint density at radius 3 is 2.92 bits per heavy atom. The van der Waals surface area contributed by atoms with Crippen molar-refractivity contribution in [3.63, 3.8) is 0 Å². The molecule has 0 radical (unpaired) electrons. The third kappa shape index (κ3) is 5.62. The number of nitrogens with zero attached hydrogens (tertiary/aromatic N) is 2. The van der Waals surface area contributed by atoms with Crippen LogP contribution in [0.4, 0.5) is 0 Å². The average molecular weight is 332 g/mol. The molecular formula is C19H32N4O. The number of likely N-dealkylation sites (tertiary alicyclic amines) is 1. The number of aryl methyl sites for hydroxylation is 1. The van der Waals surface area contributed by atoms with E-state index < -0.39 is 0 Å². The van der Waals surface area contributed by atoms with Crippen LogP contribution in [0.15, 0.2) is 12.4 Å². The van der Waals surface area contributed by atoms with E-state index in [1.807, 2.05) is 12.4 Å². The van der Waals surface area contributed by atoms with Crippen LogP contribution in [-0.2, 0) is 11.2 Å². The van der Waals surface area contributed by atoms with Gasteiger partial charge in [-0.05, 0) is 56.6 Å². The smallest absolute Gasteiger partial charge is 0.220 e. The Morgan fingerprint density at radius 1 is 1.25 bits per heavy atom. The normalized spacial score (nSPS) is 23.2. The highest BCUT2D eigenvalue weighted by molar-refractivity contribution is 5.76. The second-order valence-corrected chi connectivity index (χ2v) is 7.63. The molecule has 0 bridgehead atoms. The summed E-state index contributed by atoms with van der Waals surface area (Å²) >= 11 is 0. The number of hydrogen-bond donors (Lipinski definition) is 2. The van der Waals surface area contributed by atoms with Crippen LogP contribution in [0.3, 0.4) is 0 Å². The van der Waals surface area contributed by atoms with Crippen LogP contribution in [0, 0.1) is 5.92 Å². The van der Waals surface area contributed by atoms with Gasteiger partial charge in [0.15, 0.2) is 0 Å². The molecule has 0 spiro atoms. The van der Waals surface area contributed by atoms with Gasteiger partial charge in [-0.3, -0.25) is 9.89 Å². The van der Waals surface area contributed by atoms with Crippen molar-refractivity contribution in [1.29, 1.82) is 0 Å². The van der Waals surface area contributed by atoms with Gasteiger partial charge < -0.3 is 10.2 Å². The molecule has 2 N–H and O–H groups in total. The molecule has 0 aromatic carbocycles. The fourth-order valence-electron chi connectivity index (χ4n) is 4.24. The number of hydrogen-bond acceptors (Lipinski definition) is 3. The van der Waals surface area contributed by atoms with Crippen molar-refractivity contribution in [2.75, 3.05) is 19.6 Å². The maximum atomic E-state index is 12.2. The van der Waals surface area contributed by atoms with E-state index in [1.165, 1.54) is 57.2 Å². The highest BCUT2D eigenvalue weighted by Gasteiger charge is 2.24. The van der Waals surface area contributed by atoms with Crippen molar-refractivity contribution >= 4 is 5.91 Å². The molecule has 2 fully saturated rings. The molecule has 0 unspecified atom stereocenters. The van der Waals surface area contributed by atoms with Gasteiger partial charge in [0.25, 0.3) is 0 Å². The highest BCUT2D eigenvalue weighted by atomic mass is 16.1. The second kappa shape index (κ2) is 9.21. The molecule has 1 aliphatic carbocycles. The van der Waals surface area contributed by atoms with Gasteiger partial charge in [0.1, 0.15) is 0 Å². The fraction of sp³-hybridized carbons (Fsp3) is 0.789. The maximum Gasteiger partial charge on any atom is 0.220 e. The van der Waals surface area contributed by atoms with E-state index in [2.05, 4.69) is 20.4 Å². The van der Waals surface area contributed by atoms with E-state index in [9.17, 15) is 4.79 Å². The summed E-state index contributed by atoms with van der Waals surface area (Å²) in [5.74, 6) is 1.10. The summed E-state index contributed by atoms with van der Waals surface area (Å²) in [6.45, 7) is 3.50. The van der Waals surface area contributed by atoms with Crippen molar-refractivity contribution in [2.45, 2.75) is 70.3 Å². The Bertz CT molecular complexity index is 482. The number of carbonyl (C=O) groups is 1. The first-order valence-corrected chi connectivity index (χ1v) is 9.79. The Morgan fingerprint density at radius 2 is 2.12 bits per heavy atom. The number of H-pyrrole nitrogens is 1. The highest BCUT2D eigenvalue weighted by Crippen LogP contribution is 2.25. The number of rotatable bonds is 7. The van der Waals surface area contributed by atoms with Gasteiger partial charge >= 0.3 is 0 Å². The monoisotopic (exact) mass is 332 g/mol. The van der Waals surface area contributed by atoms with Gasteiger partial charge in [0.05, 0.1) is 6.20 Å². The largest absolute Gasteiger partial charge is 0.352 e. The molecule has 2 heterocycles. The average Bonchev–Trinajstić information content (AvgIpc) is 3.09. The molecule has 5 heteroatoms. The number of amides is 1. The summed E-state index contributed by atoms with van der Waals surface area (Å²) in [6.07, 6.45) is 15.6. The van der Waals surface area contributed by atoms with Crippen molar-refractivity contribution < 1.29 is 4.79 Å². The molecule has 3 rings (SSSR count). The first kappa shape index (κ1) is 17.5. The summed E-state index contributed by atoms with van der Waals surface area (Å²) in [5, 5.41) is 10.0. The zero-order valence-electron chi connectivity index (χ0n) is 14.8. The minimum Gasteiger partial charge on any atom is -0.352 e. The lowest BCUT2D eigenvalue weighted by Gasteiger charge is -2.36. The number of piperidine rings is 1. The topological polar surface area (TPSA) is 61.0 Å². The number of nitrogens with one attached hydrogen (secondary N) is 2. The number of aromatic amines is 1. The maximum absolute atomic E-state index is 12.2. The van der Waals surface area contributed by atoms with Crippen molar-refractivity contribution in [2.24, 2.45) is 5.92 Å². The van der Waals surface area contributed by atoms with Crippen molar-refractivity contribution in [3.8, 4) is 0 Å². The van der Waals surface area contributed by atoms with Gasteiger partial charge in [-0.25, -0.2) is 0 Å². The minimum atomic E-state index is 0.211. The third-order valence-electron chi connectivity index (χ3n) is 5.54. The van der Waals surface area contributed by atoms with Gasteiger partial charge in [-0.2, -0.15) is 5.10 Å². The zero-order valence-corrected chi connectivity index (χ0v) is 14.8. The van der Waals surface area contributed by atoms with E-state index in [0.29, 0.717) is 12.5 Å². The standard InChI is InChI=1S/C19H32N4O/c24-19(10-4-8-17-12-20-21-13-17)22-18-9-5-11-23(15-18)14-16-6-2-1-3-7-16/h12-13,16,18H,1-11,14-15H2,(H,20,21)(H,22,24)/t18-/m0/s1. The fourth-order valence-corrected chi connectivity index (χ4v) is 4.24. The molecular weight excluding hydrogens is 300 g/mol. The van der Waals surface area contributed by atoms with Crippen molar-refractivity contribution in [1.82, 2.24) is 20.4 Å². The van der Waals surface area contributed by atoms with E-state index in [-0.39, 0.29) is 5.91 Å². The van der Waals surface area contributed by atoms with Crippen LogP contribution >= 0.6 is 0 Å². The van der Waals surface area contributed by atoms with Crippen molar-refractivity contribution in [3.05, 3.63) is 18.0 Å². The zero-order chi connectivity index (χ0) is 16.6. The van der Waals surface area contributed by atoms with Gasteiger partial charge in [-0.1, -0.05) is 19.3 Å². The number of aromatic nitrogens is 2. The summed E-state index contributed by atoms with van der Waals surface area (Å²) in [5.41, 5.74) is 1.18. The first-order valence-electron chi connectivity index (χ1n) is 9.79. The lowest BCUT2D eigenvalue weighted by molar-refractivity contribution is -0.122. The predicted molar refractivity (Wildman–Crippen MR) is 95.7 cm³/mol. The molecule has 2 aliphatic rings. The van der Waals surface area contributed by atoms with Crippen LogP contribution in [0.1, 0.15) is 63.4 Å². The molecule has 1 saturated heterocycles. The molecule has 1 atom stereocenters. The minimum absolute atomic E-state index is 0.211. The Balaban J connectivity index is 1.34.